The van der Waals surface area contributed by atoms with Gasteiger partial charge >= 0.3 is 5.97 Å². The van der Waals surface area contributed by atoms with Gasteiger partial charge < -0.3 is 14.2 Å². The molecule has 1 aliphatic rings. The number of ether oxygens (including phenoxy) is 3. The molecule has 0 saturated heterocycles. The number of benzene rings is 2. The van der Waals surface area contributed by atoms with Crippen molar-refractivity contribution in [2.45, 2.75) is 25.5 Å². The fourth-order valence-corrected chi connectivity index (χ4v) is 3.73. The monoisotopic (exact) mass is 411 g/mol. The molecule has 2 aromatic rings. The summed E-state index contributed by atoms with van der Waals surface area (Å²) in [6.07, 6.45) is 3.77. The molecule has 1 saturated carbocycles. The fourth-order valence-electron chi connectivity index (χ4n) is 2.58. The molecule has 0 atom stereocenters. The number of hydrogen-bond donors (Lipinski definition) is 0. The number of carbonyl (C=O) groups excluding carboxylic acids is 1. The molecule has 0 heterocycles. The van der Waals surface area contributed by atoms with Crippen LogP contribution in [0.3, 0.4) is 0 Å². The Balaban J connectivity index is 1.59. The maximum absolute atomic E-state index is 11.9. The van der Waals surface area contributed by atoms with E-state index in [1.54, 1.807) is 25.8 Å². The van der Waals surface area contributed by atoms with Crippen molar-refractivity contribution in [2.75, 3.05) is 14.2 Å². The summed E-state index contributed by atoms with van der Waals surface area (Å²) < 4.78 is 15.4. The van der Waals surface area contributed by atoms with Crippen LogP contribution in [0, 0.1) is 5.92 Å². The first kappa shape index (κ1) is 21.0. The topological polar surface area (TPSA) is 57.1 Å². The largest absolute Gasteiger partial charge is 0.504 e. The van der Waals surface area contributed by atoms with E-state index in [1.165, 1.54) is 31.3 Å². The van der Waals surface area contributed by atoms with Gasteiger partial charge in [-0.2, -0.15) is 0 Å². The lowest BCUT2D eigenvalue weighted by atomic mass is 10.2. The molecule has 0 radical (unpaired) electrons. The van der Waals surface area contributed by atoms with E-state index >= 15 is 0 Å². The minimum atomic E-state index is -0.420. The lowest BCUT2D eigenvalue weighted by Gasteiger charge is -2.08. The first-order chi connectivity index (χ1) is 14.1. The van der Waals surface area contributed by atoms with Gasteiger partial charge in [-0.15, -0.1) is 11.8 Å². The van der Waals surface area contributed by atoms with Gasteiger partial charge in [0, 0.05) is 11.7 Å². The van der Waals surface area contributed by atoms with E-state index in [0.29, 0.717) is 17.2 Å². The van der Waals surface area contributed by atoms with E-state index in [2.05, 4.69) is 0 Å². The molecule has 5 nitrogen and oxygen atoms in total. The zero-order valence-corrected chi connectivity index (χ0v) is 17.7. The van der Waals surface area contributed by atoms with Crippen LogP contribution in [0.1, 0.15) is 25.3 Å². The highest BCUT2D eigenvalue weighted by Crippen LogP contribution is 2.37. The van der Waals surface area contributed by atoms with Crippen LogP contribution < -0.4 is 9.47 Å². The second-order valence-electron chi connectivity index (χ2n) is 6.78. The maximum Gasteiger partial charge on any atom is 0.342 e. The average molecular weight is 412 g/mol. The van der Waals surface area contributed by atoms with Crippen molar-refractivity contribution in [1.29, 1.82) is 0 Å². The van der Waals surface area contributed by atoms with Crippen LogP contribution in [0.5, 0.6) is 11.5 Å². The van der Waals surface area contributed by atoms with E-state index in [4.69, 9.17) is 19.2 Å². The fraction of sp³-hybridized carbons (Fsp3) is 0.304. The number of thioether (sulfide) groups is 1. The van der Waals surface area contributed by atoms with Gasteiger partial charge in [0.05, 0.1) is 36.8 Å². The summed E-state index contributed by atoms with van der Waals surface area (Å²) >= 11 is 1.77. The van der Waals surface area contributed by atoms with Gasteiger partial charge in [0.1, 0.15) is 11.5 Å². The Morgan fingerprint density at radius 1 is 1.07 bits per heavy atom. The molecule has 1 fully saturated rings. The Labute approximate surface area is 175 Å². The maximum atomic E-state index is 11.9. The quantitative estimate of drug-likeness (QED) is 0.143. The minimum Gasteiger partial charge on any atom is -0.504 e. The Hall–Kier alpha value is -2.73. The highest BCUT2D eigenvalue weighted by Gasteiger charge is 2.28. The van der Waals surface area contributed by atoms with Crippen molar-refractivity contribution in [3.63, 3.8) is 0 Å². The Bertz CT molecular complexity index is 884. The third kappa shape index (κ3) is 6.39. The van der Waals surface area contributed by atoms with Gasteiger partial charge in [-0.1, -0.05) is 12.1 Å². The van der Waals surface area contributed by atoms with Crippen LogP contribution in [0.25, 0.3) is 0 Å². The lowest BCUT2D eigenvalue weighted by Crippen LogP contribution is -2.09. The molecule has 29 heavy (non-hydrogen) atoms. The van der Waals surface area contributed by atoms with E-state index in [9.17, 15) is 4.79 Å². The predicted molar refractivity (Wildman–Crippen MR) is 117 cm³/mol. The van der Waals surface area contributed by atoms with Crippen LogP contribution in [-0.4, -0.2) is 25.2 Å². The average Bonchev–Trinajstić information content (AvgIpc) is 3.58. The minimum absolute atomic E-state index is 0.413. The van der Waals surface area contributed by atoms with Crippen molar-refractivity contribution in [3.05, 3.63) is 65.9 Å². The highest BCUT2D eigenvalue weighted by molar-refractivity contribution is 8.13. The normalized spacial score (nSPS) is 14.4. The number of carbonyl (C=O) groups is 1. The molecular weight excluding hydrogens is 386 g/mol. The van der Waals surface area contributed by atoms with Gasteiger partial charge in [-0.05, 0) is 61.7 Å². The second-order valence-corrected chi connectivity index (χ2v) is 7.78. The summed E-state index contributed by atoms with van der Waals surface area (Å²) in [5, 5.41) is 1.17. The number of rotatable bonds is 8. The van der Waals surface area contributed by atoms with E-state index < -0.39 is 5.97 Å². The van der Waals surface area contributed by atoms with Gasteiger partial charge in [0.25, 0.3) is 0 Å². The van der Waals surface area contributed by atoms with Crippen LogP contribution in [0.2, 0.25) is 0 Å². The van der Waals surface area contributed by atoms with E-state index in [0.717, 1.165) is 22.8 Å². The number of hydrogen-bond acceptors (Lipinski definition) is 6. The summed E-state index contributed by atoms with van der Waals surface area (Å²) in [6, 6.07) is 15.4. The zero-order valence-electron chi connectivity index (χ0n) is 16.9. The second kappa shape index (κ2) is 10.2. The zero-order chi connectivity index (χ0) is 20.6. The number of aliphatic imine (C=N–C) groups is 1. The van der Waals surface area contributed by atoms with Crippen molar-refractivity contribution >= 4 is 28.5 Å². The smallest absolute Gasteiger partial charge is 0.342 e. The molecule has 152 valence electrons. The molecule has 6 heteroatoms. The van der Waals surface area contributed by atoms with Crippen LogP contribution in [-0.2, 0) is 15.3 Å². The Kier molecular flexibility index (Phi) is 7.36. The van der Waals surface area contributed by atoms with E-state index in [1.807, 2.05) is 48.5 Å². The Morgan fingerprint density at radius 3 is 2.31 bits per heavy atom. The molecule has 2 aromatic carbocycles. The summed E-state index contributed by atoms with van der Waals surface area (Å²) in [4.78, 5) is 16.7. The molecule has 0 N–H and O–H groups in total. The first-order valence-corrected chi connectivity index (χ1v) is 10.4. The van der Waals surface area contributed by atoms with Crippen molar-refractivity contribution in [2.24, 2.45) is 10.9 Å². The summed E-state index contributed by atoms with van der Waals surface area (Å²) in [5.41, 5.74) is 2.51. The third-order valence-electron chi connectivity index (χ3n) is 4.38. The van der Waals surface area contributed by atoms with Crippen LogP contribution in [0.4, 0.5) is 5.69 Å². The van der Waals surface area contributed by atoms with Gasteiger partial charge in [0.15, 0.2) is 0 Å². The summed E-state index contributed by atoms with van der Waals surface area (Å²) in [7, 11) is 3.16. The molecule has 3 rings (SSSR count). The third-order valence-corrected chi connectivity index (χ3v) is 5.57. The number of nitrogens with zero attached hydrogens (tertiary/aromatic N) is 1. The van der Waals surface area contributed by atoms with Crippen LogP contribution >= 0.6 is 11.8 Å². The number of esters is 1. The van der Waals surface area contributed by atoms with Crippen LogP contribution in [0.15, 0.2) is 65.4 Å². The summed E-state index contributed by atoms with van der Waals surface area (Å²) in [6.45, 7) is 1.65. The Morgan fingerprint density at radius 2 is 1.72 bits per heavy atom. The highest BCUT2D eigenvalue weighted by atomic mass is 32.2. The molecule has 1 aliphatic carbocycles. The number of methoxy groups -OCH3 is 2. The molecule has 0 aliphatic heterocycles. The predicted octanol–water partition coefficient (Wildman–Crippen LogP) is 5.52. The molecule has 0 amide bonds. The van der Waals surface area contributed by atoms with E-state index in [-0.39, 0.29) is 0 Å². The lowest BCUT2D eigenvalue weighted by molar-refractivity contribution is -0.130. The SMILES string of the molecule is COC=C(C)C(=O)Oc1ccc(CSC(=Nc2ccc(OC)cc2)C2CC2)cc1. The van der Waals surface area contributed by atoms with Gasteiger partial charge in [-0.25, -0.2) is 9.79 Å². The van der Waals surface area contributed by atoms with Gasteiger partial charge in [-0.3, -0.25) is 0 Å². The summed E-state index contributed by atoms with van der Waals surface area (Å²) in [5.74, 6) is 2.32. The first-order valence-electron chi connectivity index (χ1n) is 9.45. The molecular formula is C23H25NO4S. The molecule has 0 bridgehead atoms. The molecule has 0 aromatic heterocycles. The van der Waals surface area contributed by atoms with Gasteiger partial charge in [0.2, 0.25) is 0 Å². The molecule has 0 unspecified atom stereocenters. The standard InChI is InChI=1S/C23H25NO4S/c1-16(14-26-2)23(25)28-21-10-4-17(5-11-21)15-29-22(18-6-7-18)24-19-8-12-20(27-3)13-9-19/h4-5,8-14,18H,6-7,15H2,1-3H3. The molecule has 0 spiro atoms. The van der Waals surface area contributed by atoms with Crippen molar-refractivity contribution in [3.8, 4) is 11.5 Å². The van der Waals surface area contributed by atoms with Crippen molar-refractivity contribution < 1.29 is 19.0 Å². The van der Waals surface area contributed by atoms with Crippen molar-refractivity contribution in [1.82, 2.24) is 0 Å².